The second-order valence-electron chi connectivity index (χ2n) is 7.64. The molecular formula is C19H23Cl3N4O2. The lowest BCUT2D eigenvalue weighted by molar-refractivity contribution is -0.00571. The van der Waals surface area contributed by atoms with E-state index in [4.69, 9.17) is 32.7 Å². The van der Waals surface area contributed by atoms with Crippen LogP contribution in [0.4, 0.5) is 0 Å². The molecule has 9 heteroatoms. The average Bonchev–Trinajstić information content (AvgIpc) is 3.26. The molecule has 0 bridgehead atoms. The summed E-state index contributed by atoms with van der Waals surface area (Å²) < 4.78 is 13.7. The first-order chi connectivity index (χ1) is 13.2. The summed E-state index contributed by atoms with van der Waals surface area (Å²) in [4.78, 5) is 2.51. The third-order valence-electron chi connectivity index (χ3n) is 5.90. The zero-order valence-electron chi connectivity index (χ0n) is 15.4. The fourth-order valence-electron chi connectivity index (χ4n) is 4.47. The fourth-order valence-corrected chi connectivity index (χ4v) is 4.96. The highest BCUT2D eigenvalue weighted by molar-refractivity contribution is 6.36. The Morgan fingerprint density at radius 1 is 1.14 bits per heavy atom. The topological polar surface area (TPSA) is 52.4 Å². The summed E-state index contributed by atoms with van der Waals surface area (Å²) in [6, 6.07) is 5.67. The number of aromatic nitrogens is 3. The van der Waals surface area contributed by atoms with Crippen LogP contribution in [0, 0.1) is 5.92 Å². The summed E-state index contributed by atoms with van der Waals surface area (Å²) >= 11 is 12.4. The van der Waals surface area contributed by atoms with E-state index in [0.717, 1.165) is 68.6 Å². The molecule has 3 aliphatic heterocycles. The number of hydrogen-bond acceptors (Lipinski definition) is 5. The van der Waals surface area contributed by atoms with Crippen molar-refractivity contribution in [3.8, 4) is 11.3 Å². The van der Waals surface area contributed by atoms with Crippen LogP contribution in [0.1, 0.15) is 24.6 Å². The Kier molecular flexibility index (Phi) is 6.16. The van der Waals surface area contributed by atoms with Crippen molar-refractivity contribution in [2.45, 2.75) is 31.6 Å². The predicted molar refractivity (Wildman–Crippen MR) is 110 cm³/mol. The normalized spacial score (nSPS) is 25.2. The van der Waals surface area contributed by atoms with Gasteiger partial charge < -0.3 is 9.47 Å². The molecule has 1 aromatic heterocycles. The second-order valence-corrected chi connectivity index (χ2v) is 8.49. The molecule has 0 amide bonds. The van der Waals surface area contributed by atoms with Gasteiger partial charge in [0.25, 0.3) is 0 Å². The molecule has 6 nitrogen and oxygen atoms in total. The van der Waals surface area contributed by atoms with Gasteiger partial charge in [0.05, 0.1) is 29.5 Å². The minimum atomic E-state index is 0. The van der Waals surface area contributed by atoms with Crippen LogP contribution in [0.15, 0.2) is 18.2 Å². The molecule has 0 N–H and O–H groups in total. The number of likely N-dealkylation sites (tertiary alicyclic amines) is 1. The van der Waals surface area contributed by atoms with Crippen molar-refractivity contribution in [1.29, 1.82) is 0 Å². The lowest BCUT2D eigenvalue weighted by atomic mass is 10.00. The van der Waals surface area contributed by atoms with E-state index in [1.165, 1.54) is 0 Å². The van der Waals surface area contributed by atoms with Crippen LogP contribution in [-0.4, -0.2) is 58.8 Å². The van der Waals surface area contributed by atoms with Crippen LogP contribution < -0.4 is 0 Å². The highest BCUT2D eigenvalue weighted by atomic mass is 35.5. The van der Waals surface area contributed by atoms with Gasteiger partial charge in [0.2, 0.25) is 0 Å². The quantitative estimate of drug-likeness (QED) is 0.718. The van der Waals surface area contributed by atoms with Gasteiger partial charge in [-0.1, -0.05) is 28.4 Å². The SMILES string of the molecule is Cl.Clc1ccc(-c2nnn3c2CO[C@@H]2CN(CC4CCOCC4)C[C@H]23)c(Cl)c1. The number of fused-ring (bicyclic) bond motifs is 3. The first-order valence-electron chi connectivity index (χ1n) is 9.50. The van der Waals surface area contributed by atoms with Crippen LogP contribution in [0.3, 0.4) is 0 Å². The lowest BCUT2D eigenvalue weighted by Crippen LogP contribution is -2.32. The zero-order chi connectivity index (χ0) is 18.4. The van der Waals surface area contributed by atoms with Gasteiger partial charge in [-0.3, -0.25) is 4.90 Å². The third kappa shape index (κ3) is 3.78. The second kappa shape index (κ2) is 8.46. The molecule has 28 heavy (non-hydrogen) atoms. The van der Waals surface area contributed by atoms with Gasteiger partial charge in [-0.15, -0.1) is 17.5 Å². The zero-order valence-corrected chi connectivity index (χ0v) is 17.7. The van der Waals surface area contributed by atoms with Crippen molar-refractivity contribution in [2.24, 2.45) is 5.92 Å². The van der Waals surface area contributed by atoms with Crippen molar-refractivity contribution in [3.63, 3.8) is 0 Å². The lowest BCUT2D eigenvalue weighted by Gasteiger charge is -2.26. The Bertz CT molecular complexity index is 841. The number of rotatable bonds is 3. The van der Waals surface area contributed by atoms with Crippen LogP contribution >= 0.6 is 35.6 Å². The smallest absolute Gasteiger partial charge is 0.120 e. The Morgan fingerprint density at radius 2 is 1.96 bits per heavy atom. The van der Waals surface area contributed by atoms with Crippen molar-refractivity contribution in [3.05, 3.63) is 33.9 Å². The van der Waals surface area contributed by atoms with Crippen molar-refractivity contribution in [2.75, 3.05) is 32.8 Å². The molecule has 0 saturated carbocycles. The Labute approximate surface area is 180 Å². The number of halogens is 3. The molecule has 0 spiro atoms. The van der Waals surface area contributed by atoms with E-state index in [1.807, 2.05) is 12.1 Å². The monoisotopic (exact) mass is 444 g/mol. The molecule has 5 rings (SSSR count). The van der Waals surface area contributed by atoms with E-state index in [1.54, 1.807) is 6.07 Å². The van der Waals surface area contributed by atoms with E-state index >= 15 is 0 Å². The Hall–Kier alpha value is -0.890. The van der Waals surface area contributed by atoms with Crippen molar-refractivity contribution >= 4 is 35.6 Å². The standard InChI is InChI=1S/C19H22Cl2N4O2.ClH/c20-13-1-2-14(15(21)7-13)19-17-11-27-18-10-24(8-12-3-5-26-6-4-12)9-16(18)25(17)23-22-19;/h1-2,7,12,16,18H,3-6,8-11H2;1H/t16-,18-;/m1./s1. The van der Waals surface area contributed by atoms with E-state index in [9.17, 15) is 0 Å². The van der Waals surface area contributed by atoms with Crippen LogP contribution in [-0.2, 0) is 16.1 Å². The van der Waals surface area contributed by atoms with E-state index in [2.05, 4.69) is 19.9 Å². The van der Waals surface area contributed by atoms with Crippen molar-refractivity contribution in [1.82, 2.24) is 19.9 Å². The van der Waals surface area contributed by atoms with Gasteiger partial charge in [-0.05, 0) is 37.0 Å². The number of nitrogens with zero attached hydrogens (tertiary/aromatic N) is 4. The molecule has 0 unspecified atom stereocenters. The summed E-state index contributed by atoms with van der Waals surface area (Å²) in [6.45, 7) is 5.30. The molecule has 0 aliphatic carbocycles. The molecule has 2 saturated heterocycles. The molecule has 2 fully saturated rings. The van der Waals surface area contributed by atoms with Gasteiger partial charge >= 0.3 is 0 Å². The van der Waals surface area contributed by atoms with Gasteiger partial charge in [0, 0.05) is 43.4 Å². The number of benzene rings is 1. The van der Waals surface area contributed by atoms with Gasteiger partial charge in [0.15, 0.2) is 0 Å². The largest absolute Gasteiger partial charge is 0.381 e. The van der Waals surface area contributed by atoms with E-state index in [0.29, 0.717) is 16.7 Å². The first-order valence-corrected chi connectivity index (χ1v) is 10.3. The van der Waals surface area contributed by atoms with Crippen LogP contribution in [0.5, 0.6) is 0 Å². The maximum atomic E-state index is 6.39. The van der Waals surface area contributed by atoms with Crippen LogP contribution in [0.25, 0.3) is 11.3 Å². The Morgan fingerprint density at radius 3 is 2.75 bits per heavy atom. The Balaban J connectivity index is 0.00000192. The number of hydrogen-bond donors (Lipinski definition) is 0. The predicted octanol–water partition coefficient (Wildman–Crippen LogP) is 3.86. The molecule has 3 aliphatic rings. The molecule has 1 aromatic carbocycles. The maximum absolute atomic E-state index is 6.39. The highest BCUT2D eigenvalue weighted by Gasteiger charge is 2.41. The third-order valence-corrected chi connectivity index (χ3v) is 6.44. The van der Waals surface area contributed by atoms with Gasteiger partial charge in [-0.25, -0.2) is 4.68 Å². The molecular weight excluding hydrogens is 423 g/mol. The maximum Gasteiger partial charge on any atom is 0.120 e. The summed E-state index contributed by atoms with van der Waals surface area (Å²) in [5.74, 6) is 0.720. The fraction of sp³-hybridized carbons (Fsp3) is 0.579. The minimum Gasteiger partial charge on any atom is -0.381 e. The number of ether oxygens (including phenoxy) is 2. The summed E-state index contributed by atoms with van der Waals surface area (Å²) in [7, 11) is 0. The summed E-state index contributed by atoms with van der Waals surface area (Å²) in [5.41, 5.74) is 2.63. The van der Waals surface area contributed by atoms with Gasteiger partial charge in [-0.2, -0.15) is 0 Å². The molecule has 152 valence electrons. The highest BCUT2D eigenvalue weighted by Crippen LogP contribution is 2.37. The van der Waals surface area contributed by atoms with Crippen LogP contribution in [0.2, 0.25) is 10.0 Å². The average molecular weight is 446 g/mol. The summed E-state index contributed by atoms with van der Waals surface area (Å²) in [6.07, 6.45) is 2.48. The van der Waals surface area contributed by atoms with E-state index < -0.39 is 0 Å². The molecule has 0 radical (unpaired) electrons. The minimum absolute atomic E-state index is 0. The molecule has 2 atom stereocenters. The van der Waals surface area contributed by atoms with E-state index in [-0.39, 0.29) is 24.6 Å². The van der Waals surface area contributed by atoms with Gasteiger partial charge in [0.1, 0.15) is 5.69 Å². The molecule has 2 aromatic rings. The summed E-state index contributed by atoms with van der Waals surface area (Å²) in [5, 5.41) is 10.1. The van der Waals surface area contributed by atoms with Crippen molar-refractivity contribution < 1.29 is 9.47 Å². The molecule has 4 heterocycles. The first kappa shape index (κ1) is 20.4.